The lowest BCUT2D eigenvalue weighted by atomic mass is 10.2. The minimum Gasteiger partial charge on any atom is -0.370 e. The molecule has 0 atom stereocenters. The van der Waals surface area contributed by atoms with Crippen LogP contribution < -0.4 is 22.9 Å². The molecule has 160 valence electrons. The van der Waals surface area contributed by atoms with Crippen LogP contribution in [0.25, 0.3) is 0 Å². The molecule has 0 unspecified atom stereocenters. The monoisotopic (exact) mass is 652 g/mol. The van der Waals surface area contributed by atoms with Crippen LogP contribution in [0, 0.1) is 7.14 Å². The van der Waals surface area contributed by atoms with Crippen molar-refractivity contribution in [1.29, 1.82) is 0 Å². The zero-order valence-electron chi connectivity index (χ0n) is 15.1. The van der Waals surface area contributed by atoms with Gasteiger partial charge in [0.05, 0.1) is 13.1 Å². The lowest BCUT2D eigenvalue weighted by Crippen LogP contribution is -2.22. The van der Waals surface area contributed by atoms with Crippen LogP contribution in [0.3, 0.4) is 0 Å². The van der Waals surface area contributed by atoms with Gasteiger partial charge < -0.3 is 22.9 Å². The Kier molecular flexibility index (Phi) is 13.5. The topological polar surface area (TPSA) is 203 Å². The highest BCUT2D eigenvalue weighted by atomic mass is 131. The number of hydrogen-bond donors (Lipinski definition) is 6. The molecule has 2 rings (SSSR count). The first kappa shape index (κ1) is 27.3. The molecule has 10 N–H and O–H groups in total. The molecule has 0 amide bonds. The van der Waals surface area contributed by atoms with Gasteiger partial charge in [-0.25, -0.2) is 9.98 Å². The summed E-state index contributed by atoms with van der Waals surface area (Å²) >= 11 is 4.50. The maximum Gasteiger partial charge on any atom is 0.394 e. The fraction of sp³-hybridized carbons (Fsp3) is 0.125. The third kappa shape index (κ3) is 19.4. The van der Waals surface area contributed by atoms with E-state index in [1.165, 1.54) is 7.14 Å². The van der Waals surface area contributed by atoms with E-state index in [1.54, 1.807) is 0 Å². The minimum absolute atomic E-state index is 0.133. The van der Waals surface area contributed by atoms with Crippen molar-refractivity contribution in [3.8, 4) is 0 Å². The van der Waals surface area contributed by atoms with Crippen molar-refractivity contribution < 1.29 is 17.5 Å². The van der Waals surface area contributed by atoms with E-state index in [2.05, 4.69) is 55.2 Å². The van der Waals surface area contributed by atoms with Gasteiger partial charge in [-0.1, -0.05) is 24.3 Å². The molecule has 0 aliphatic heterocycles. The highest BCUT2D eigenvalue weighted by molar-refractivity contribution is 14.1. The standard InChI is InChI=1S/2C8H10IN3.H2O4S/c2*9-7-3-1-2-6(4-7)5-12-8(10)11;1-5(2,3)4/h2*1-4H,5H2,(H4,10,11,12);(H2,1,2,3,4)/i9+4;;. The van der Waals surface area contributed by atoms with Crippen molar-refractivity contribution in [2.75, 3.05) is 0 Å². The normalized spacial score (nSPS) is 9.79. The molecule has 0 heterocycles. The molecule has 0 radical (unpaired) electrons. The van der Waals surface area contributed by atoms with Gasteiger partial charge in [-0.3, -0.25) is 9.11 Å². The maximum atomic E-state index is 8.74. The molecule has 0 saturated carbocycles. The van der Waals surface area contributed by atoms with Crippen LogP contribution in [-0.2, 0) is 23.5 Å². The van der Waals surface area contributed by atoms with E-state index in [0.29, 0.717) is 13.1 Å². The van der Waals surface area contributed by atoms with Crippen LogP contribution in [0.4, 0.5) is 0 Å². The first-order valence-corrected chi connectivity index (χ1v) is 11.2. The van der Waals surface area contributed by atoms with Gasteiger partial charge in [-0.15, -0.1) is 0 Å². The fourth-order valence-electron chi connectivity index (χ4n) is 1.64. The Hall–Kier alpha value is -1.69. The molecule has 10 nitrogen and oxygen atoms in total. The first-order valence-electron chi connectivity index (χ1n) is 7.66. The Bertz CT molecular complexity index is 861. The summed E-state index contributed by atoms with van der Waals surface area (Å²) in [5.74, 6) is 0.266. The number of guanidine groups is 2. The van der Waals surface area contributed by atoms with Gasteiger partial charge in [-0.05, 0) is 80.6 Å². The van der Waals surface area contributed by atoms with E-state index in [-0.39, 0.29) is 11.9 Å². The number of nitrogens with two attached hydrogens (primary N) is 4. The molecular formula is C16H22I2N6O4S. The smallest absolute Gasteiger partial charge is 0.370 e. The average molecular weight is 652 g/mol. The lowest BCUT2D eigenvalue weighted by Gasteiger charge is -1.97. The summed E-state index contributed by atoms with van der Waals surface area (Å²) in [7, 11) is -4.67. The van der Waals surface area contributed by atoms with Crippen LogP contribution in [-0.4, -0.2) is 29.4 Å². The van der Waals surface area contributed by atoms with Crippen LogP contribution in [0.2, 0.25) is 0 Å². The predicted molar refractivity (Wildman–Crippen MR) is 132 cm³/mol. The van der Waals surface area contributed by atoms with Crippen LogP contribution in [0.15, 0.2) is 58.5 Å². The Morgan fingerprint density at radius 1 is 0.897 bits per heavy atom. The van der Waals surface area contributed by atoms with Crippen molar-refractivity contribution in [2.45, 2.75) is 13.1 Å². The number of nitrogens with zero attached hydrogens (tertiary/aromatic N) is 2. The third-order valence-electron chi connectivity index (χ3n) is 2.67. The molecule has 0 aliphatic rings. The second-order valence-corrected chi connectivity index (χ2v) is 8.58. The van der Waals surface area contributed by atoms with Crippen molar-refractivity contribution in [1.82, 2.24) is 0 Å². The van der Waals surface area contributed by atoms with Crippen molar-refractivity contribution in [3.05, 3.63) is 66.8 Å². The minimum atomic E-state index is -4.67. The molecular weight excluding hydrogens is 630 g/mol. The molecule has 13 heteroatoms. The summed E-state index contributed by atoms with van der Waals surface area (Å²) in [6.07, 6.45) is 0. The summed E-state index contributed by atoms with van der Waals surface area (Å²) < 4.78 is 34.0. The molecule has 0 bridgehead atoms. The molecule has 2 aromatic rings. The van der Waals surface area contributed by atoms with E-state index in [4.69, 9.17) is 40.5 Å². The molecule has 0 aromatic heterocycles. The lowest BCUT2D eigenvalue weighted by molar-refractivity contribution is 0.381. The molecule has 0 saturated heterocycles. The second kappa shape index (κ2) is 14.3. The van der Waals surface area contributed by atoms with Gasteiger partial charge >= 0.3 is 10.4 Å². The Labute approximate surface area is 196 Å². The van der Waals surface area contributed by atoms with Crippen LogP contribution in [0.1, 0.15) is 11.1 Å². The Morgan fingerprint density at radius 3 is 1.69 bits per heavy atom. The number of benzene rings is 2. The fourth-order valence-corrected chi connectivity index (χ4v) is 2.85. The third-order valence-corrected chi connectivity index (χ3v) is 4.01. The quantitative estimate of drug-likeness (QED) is 0.123. The molecule has 0 spiro atoms. The van der Waals surface area contributed by atoms with Gasteiger partial charge in [0.2, 0.25) is 0 Å². The van der Waals surface area contributed by atoms with Crippen molar-refractivity contribution in [2.24, 2.45) is 32.9 Å². The first-order chi connectivity index (χ1) is 13.4. The summed E-state index contributed by atoms with van der Waals surface area (Å²) in [6.45, 7) is 1.11. The highest BCUT2D eigenvalue weighted by Gasteiger charge is 1.92. The van der Waals surface area contributed by atoms with Gasteiger partial charge in [0, 0.05) is 7.14 Å². The van der Waals surface area contributed by atoms with Gasteiger partial charge in [-0.2, -0.15) is 8.42 Å². The number of rotatable bonds is 4. The van der Waals surface area contributed by atoms with Crippen LogP contribution in [0.5, 0.6) is 0 Å². The number of hydrogen-bond acceptors (Lipinski definition) is 4. The average Bonchev–Trinajstić information content (AvgIpc) is 2.57. The van der Waals surface area contributed by atoms with Gasteiger partial charge in [0.15, 0.2) is 11.9 Å². The Balaban J connectivity index is 0.000000442. The molecule has 0 fully saturated rings. The maximum absolute atomic E-state index is 8.74. The largest absolute Gasteiger partial charge is 0.394 e. The Morgan fingerprint density at radius 2 is 1.31 bits per heavy atom. The van der Waals surface area contributed by atoms with Crippen molar-refractivity contribution in [3.63, 3.8) is 0 Å². The summed E-state index contributed by atoms with van der Waals surface area (Å²) in [5, 5.41) is 0. The van der Waals surface area contributed by atoms with Crippen LogP contribution >= 0.6 is 45.2 Å². The van der Waals surface area contributed by atoms with Gasteiger partial charge in [0.1, 0.15) is 0 Å². The van der Waals surface area contributed by atoms with E-state index < -0.39 is 10.4 Å². The zero-order chi connectivity index (χ0) is 22.4. The number of halogens is 2. The van der Waals surface area contributed by atoms with Gasteiger partial charge in [0.25, 0.3) is 0 Å². The highest BCUT2D eigenvalue weighted by Crippen LogP contribution is 2.09. The predicted octanol–water partition coefficient (Wildman–Crippen LogP) is 1.48. The second-order valence-electron chi connectivity index (χ2n) is 5.19. The number of aliphatic imine (C=N–C) groups is 2. The zero-order valence-corrected chi connectivity index (χ0v) is 20.2. The SMILES string of the molecule is NC(N)=NCc1cccc(I)c1.NC(N)=NCc1cccc([131I])c1.O=S(=O)(O)O. The van der Waals surface area contributed by atoms with E-state index in [0.717, 1.165) is 11.1 Å². The molecule has 0 aliphatic carbocycles. The van der Waals surface area contributed by atoms with E-state index in [1.807, 2.05) is 48.5 Å². The van der Waals surface area contributed by atoms with E-state index >= 15 is 0 Å². The molecule has 29 heavy (non-hydrogen) atoms. The summed E-state index contributed by atoms with van der Waals surface area (Å²) in [6, 6.07) is 16.1. The van der Waals surface area contributed by atoms with E-state index in [9.17, 15) is 0 Å². The van der Waals surface area contributed by atoms with Crippen molar-refractivity contribution >= 4 is 67.5 Å². The summed E-state index contributed by atoms with van der Waals surface area (Å²) in [5.41, 5.74) is 23.1. The summed E-state index contributed by atoms with van der Waals surface area (Å²) in [4.78, 5) is 7.81. The molecule has 2 aromatic carbocycles.